The number of nitrogens with zero attached hydrogens (tertiary/aromatic N) is 1. The number of pyridine rings is 1. The van der Waals surface area contributed by atoms with E-state index in [-0.39, 0.29) is 19.0 Å². The van der Waals surface area contributed by atoms with Gasteiger partial charge in [-0.15, -0.1) is 12.4 Å². The van der Waals surface area contributed by atoms with Crippen molar-refractivity contribution < 1.29 is 9.84 Å². The van der Waals surface area contributed by atoms with Crippen LogP contribution in [-0.2, 0) is 11.2 Å². The van der Waals surface area contributed by atoms with Crippen LogP contribution in [0.15, 0.2) is 24.4 Å². The third kappa shape index (κ3) is 5.58. The van der Waals surface area contributed by atoms with Crippen LogP contribution < -0.4 is 0 Å². The van der Waals surface area contributed by atoms with Gasteiger partial charge >= 0.3 is 0 Å². The molecule has 0 aliphatic rings. The van der Waals surface area contributed by atoms with Gasteiger partial charge in [-0.3, -0.25) is 4.98 Å². The molecule has 0 saturated heterocycles. The Balaban J connectivity index is 0.00000144. The van der Waals surface area contributed by atoms with Crippen LogP contribution in [0.1, 0.15) is 5.69 Å². The molecule has 0 bridgehead atoms. The van der Waals surface area contributed by atoms with Crippen LogP contribution in [0, 0.1) is 0 Å². The van der Waals surface area contributed by atoms with Crippen molar-refractivity contribution in [3.05, 3.63) is 30.1 Å². The fraction of sp³-hybridized carbons (Fsp3) is 0.444. The Morgan fingerprint density at radius 1 is 1.31 bits per heavy atom. The Kier molecular flexibility index (Phi) is 7.59. The highest BCUT2D eigenvalue weighted by molar-refractivity contribution is 5.85. The van der Waals surface area contributed by atoms with Gasteiger partial charge in [0.2, 0.25) is 0 Å². The van der Waals surface area contributed by atoms with Gasteiger partial charge < -0.3 is 9.84 Å². The minimum atomic E-state index is 0. The van der Waals surface area contributed by atoms with Crippen LogP contribution in [0.5, 0.6) is 0 Å². The normalized spacial score (nSPS) is 9.31. The van der Waals surface area contributed by atoms with Crippen LogP contribution in [0.25, 0.3) is 0 Å². The van der Waals surface area contributed by atoms with E-state index in [1.165, 1.54) is 0 Å². The second-order valence-electron chi connectivity index (χ2n) is 2.41. The molecular formula is C9H14ClNO2. The lowest BCUT2D eigenvalue weighted by Crippen LogP contribution is -2.03. The van der Waals surface area contributed by atoms with Crippen molar-refractivity contribution in [3.63, 3.8) is 0 Å². The zero-order valence-corrected chi connectivity index (χ0v) is 8.17. The Hall–Kier alpha value is -0.640. The summed E-state index contributed by atoms with van der Waals surface area (Å²) in [6.07, 6.45) is 2.57. The summed E-state index contributed by atoms with van der Waals surface area (Å²) in [5.41, 5.74) is 1.02. The summed E-state index contributed by atoms with van der Waals surface area (Å²) in [6.45, 7) is 1.12. The summed E-state index contributed by atoms with van der Waals surface area (Å²) in [4.78, 5) is 4.13. The average molecular weight is 204 g/mol. The zero-order valence-electron chi connectivity index (χ0n) is 7.35. The smallest absolute Gasteiger partial charge is 0.0697 e. The van der Waals surface area contributed by atoms with Gasteiger partial charge in [0.05, 0.1) is 19.8 Å². The number of aromatic nitrogens is 1. The first kappa shape index (κ1) is 12.4. The molecule has 0 atom stereocenters. The van der Waals surface area contributed by atoms with Gasteiger partial charge in [0.25, 0.3) is 0 Å². The van der Waals surface area contributed by atoms with Crippen molar-refractivity contribution in [2.75, 3.05) is 19.8 Å². The van der Waals surface area contributed by atoms with Crippen molar-refractivity contribution in [2.24, 2.45) is 0 Å². The van der Waals surface area contributed by atoms with E-state index in [9.17, 15) is 0 Å². The number of hydrogen-bond acceptors (Lipinski definition) is 3. The fourth-order valence-electron chi connectivity index (χ4n) is 0.889. The highest BCUT2D eigenvalue weighted by Gasteiger charge is 1.91. The first-order valence-corrected chi connectivity index (χ1v) is 4.02. The fourth-order valence-corrected chi connectivity index (χ4v) is 0.889. The highest BCUT2D eigenvalue weighted by Crippen LogP contribution is 1.94. The molecule has 0 unspecified atom stereocenters. The molecule has 1 aromatic rings. The third-order valence-corrected chi connectivity index (χ3v) is 1.46. The largest absolute Gasteiger partial charge is 0.394 e. The molecule has 0 spiro atoms. The van der Waals surface area contributed by atoms with E-state index in [1.807, 2.05) is 18.2 Å². The summed E-state index contributed by atoms with van der Waals surface area (Å²) in [6, 6.07) is 5.80. The van der Waals surface area contributed by atoms with E-state index < -0.39 is 0 Å². The molecule has 1 aromatic heterocycles. The second-order valence-corrected chi connectivity index (χ2v) is 2.41. The van der Waals surface area contributed by atoms with Crippen molar-refractivity contribution >= 4 is 12.4 Å². The average Bonchev–Trinajstić information content (AvgIpc) is 2.14. The molecule has 1 rings (SSSR count). The van der Waals surface area contributed by atoms with Crippen LogP contribution in [0.4, 0.5) is 0 Å². The molecule has 0 fully saturated rings. The first-order valence-electron chi connectivity index (χ1n) is 4.02. The quantitative estimate of drug-likeness (QED) is 0.728. The maximum atomic E-state index is 8.42. The predicted molar refractivity (Wildman–Crippen MR) is 53.1 cm³/mol. The minimum absolute atomic E-state index is 0. The van der Waals surface area contributed by atoms with E-state index in [4.69, 9.17) is 9.84 Å². The molecule has 1 N–H and O–H groups in total. The van der Waals surface area contributed by atoms with Gasteiger partial charge in [-0.2, -0.15) is 0 Å². The topological polar surface area (TPSA) is 42.4 Å². The van der Waals surface area contributed by atoms with Crippen molar-refractivity contribution in [1.29, 1.82) is 0 Å². The molecule has 0 amide bonds. The maximum absolute atomic E-state index is 8.42. The summed E-state index contributed by atoms with van der Waals surface area (Å²) in [5, 5.41) is 8.42. The monoisotopic (exact) mass is 203 g/mol. The number of aliphatic hydroxyl groups is 1. The minimum Gasteiger partial charge on any atom is -0.394 e. The summed E-state index contributed by atoms with van der Waals surface area (Å²) in [7, 11) is 0. The number of ether oxygens (including phenoxy) is 1. The van der Waals surface area contributed by atoms with Gasteiger partial charge in [0.1, 0.15) is 0 Å². The molecule has 13 heavy (non-hydrogen) atoms. The SMILES string of the molecule is Cl.OCCOCCc1ccccn1. The lowest BCUT2D eigenvalue weighted by molar-refractivity contribution is 0.0940. The molecule has 0 radical (unpaired) electrons. The molecule has 74 valence electrons. The molecule has 0 saturated carbocycles. The number of hydrogen-bond donors (Lipinski definition) is 1. The molecule has 1 heterocycles. The summed E-state index contributed by atoms with van der Waals surface area (Å²) >= 11 is 0. The molecule has 3 nitrogen and oxygen atoms in total. The van der Waals surface area contributed by atoms with Crippen LogP contribution >= 0.6 is 12.4 Å². The third-order valence-electron chi connectivity index (χ3n) is 1.46. The van der Waals surface area contributed by atoms with Crippen molar-refractivity contribution in [2.45, 2.75) is 6.42 Å². The maximum Gasteiger partial charge on any atom is 0.0697 e. The molecule has 0 aliphatic carbocycles. The van der Waals surface area contributed by atoms with Crippen LogP contribution in [-0.4, -0.2) is 29.9 Å². The van der Waals surface area contributed by atoms with Gasteiger partial charge in [-0.25, -0.2) is 0 Å². The van der Waals surface area contributed by atoms with Gasteiger partial charge in [0.15, 0.2) is 0 Å². The number of aliphatic hydroxyl groups excluding tert-OH is 1. The number of halogens is 1. The Morgan fingerprint density at radius 3 is 2.77 bits per heavy atom. The number of rotatable bonds is 5. The van der Waals surface area contributed by atoms with Crippen molar-refractivity contribution in [3.8, 4) is 0 Å². The lowest BCUT2D eigenvalue weighted by Gasteiger charge is -2.00. The predicted octanol–water partition coefficient (Wildman–Crippen LogP) is 1.05. The zero-order chi connectivity index (χ0) is 8.65. The van der Waals surface area contributed by atoms with Crippen LogP contribution in [0.3, 0.4) is 0 Å². The lowest BCUT2D eigenvalue weighted by atomic mass is 10.3. The van der Waals surface area contributed by atoms with E-state index in [0.717, 1.165) is 12.1 Å². The summed E-state index contributed by atoms with van der Waals surface area (Å²) in [5.74, 6) is 0. The highest BCUT2D eigenvalue weighted by atomic mass is 35.5. The van der Waals surface area contributed by atoms with E-state index in [1.54, 1.807) is 6.20 Å². The molecule has 0 aliphatic heterocycles. The van der Waals surface area contributed by atoms with Gasteiger partial charge in [-0.1, -0.05) is 6.07 Å². The standard InChI is InChI=1S/C9H13NO2.ClH/c11-6-8-12-7-4-9-3-1-2-5-10-9;/h1-3,5,11H,4,6-8H2;1H. The Bertz CT molecular complexity index is 206. The van der Waals surface area contributed by atoms with E-state index in [2.05, 4.69) is 4.98 Å². The first-order chi connectivity index (χ1) is 5.93. The molecule has 4 heteroatoms. The summed E-state index contributed by atoms with van der Waals surface area (Å²) < 4.78 is 5.10. The van der Waals surface area contributed by atoms with Crippen LogP contribution in [0.2, 0.25) is 0 Å². The molecule has 0 aromatic carbocycles. The van der Waals surface area contributed by atoms with E-state index >= 15 is 0 Å². The van der Waals surface area contributed by atoms with E-state index in [0.29, 0.717) is 13.2 Å². The van der Waals surface area contributed by atoms with Gasteiger partial charge in [0, 0.05) is 18.3 Å². The Morgan fingerprint density at radius 2 is 2.15 bits per heavy atom. The Labute approximate surface area is 84.2 Å². The second kappa shape index (κ2) is 7.98. The van der Waals surface area contributed by atoms with Crippen molar-refractivity contribution in [1.82, 2.24) is 4.98 Å². The van der Waals surface area contributed by atoms with Gasteiger partial charge in [-0.05, 0) is 12.1 Å². The molecular weight excluding hydrogens is 190 g/mol.